The van der Waals surface area contributed by atoms with Gasteiger partial charge in [0.15, 0.2) is 6.61 Å². The summed E-state index contributed by atoms with van der Waals surface area (Å²) in [6.07, 6.45) is -0.0838. The van der Waals surface area contributed by atoms with E-state index in [1.54, 1.807) is 12.1 Å². The van der Waals surface area contributed by atoms with Gasteiger partial charge in [-0.2, -0.15) is 0 Å². The number of carbonyl (C=O) groups is 3. The summed E-state index contributed by atoms with van der Waals surface area (Å²) in [5.41, 5.74) is 0.668. The minimum atomic E-state index is -0.754. The molecule has 0 saturated carbocycles. The van der Waals surface area contributed by atoms with Crippen molar-refractivity contribution in [2.45, 2.75) is 6.42 Å². The molecule has 0 bridgehead atoms. The molecule has 0 spiro atoms. The van der Waals surface area contributed by atoms with E-state index in [9.17, 15) is 24.5 Å². The predicted octanol–water partition coefficient (Wildman–Crippen LogP) is 2.79. The SMILES string of the molecule is COc1ccc(Cl)cc1NC(=O)COC(=O)[C@H]1CC(=O)N(c2ccc([N+](=O)[O-])cc2)C1. The van der Waals surface area contributed by atoms with Gasteiger partial charge in [0.1, 0.15) is 5.75 Å². The molecule has 162 valence electrons. The molecule has 0 radical (unpaired) electrons. The second kappa shape index (κ2) is 9.43. The highest BCUT2D eigenvalue weighted by Gasteiger charge is 2.36. The molecule has 2 aromatic rings. The fraction of sp³-hybridized carbons (Fsp3) is 0.250. The van der Waals surface area contributed by atoms with Gasteiger partial charge in [-0.25, -0.2) is 0 Å². The fourth-order valence-electron chi connectivity index (χ4n) is 3.09. The van der Waals surface area contributed by atoms with Crippen LogP contribution in [0.4, 0.5) is 17.1 Å². The van der Waals surface area contributed by atoms with Gasteiger partial charge < -0.3 is 19.7 Å². The van der Waals surface area contributed by atoms with Crippen LogP contribution >= 0.6 is 11.6 Å². The van der Waals surface area contributed by atoms with Crippen molar-refractivity contribution in [3.63, 3.8) is 0 Å². The number of amides is 2. The maximum atomic E-state index is 12.3. The lowest BCUT2D eigenvalue weighted by Crippen LogP contribution is -2.28. The molecule has 10 nitrogen and oxygen atoms in total. The number of nitrogens with zero attached hydrogens (tertiary/aromatic N) is 2. The van der Waals surface area contributed by atoms with Crippen molar-refractivity contribution in [2.75, 3.05) is 30.5 Å². The first-order valence-electron chi connectivity index (χ1n) is 9.13. The smallest absolute Gasteiger partial charge is 0.311 e. The summed E-state index contributed by atoms with van der Waals surface area (Å²) >= 11 is 5.91. The number of rotatable bonds is 7. The van der Waals surface area contributed by atoms with Crippen LogP contribution in [0.15, 0.2) is 42.5 Å². The first-order chi connectivity index (χ1) is 14.8. The number of anilines is 2. The Bertz CT molecular complexity index is 1030. The molecule has 1 heterocycles. The molecule has 2 aromatic carbocycles. The van der Waals surface area contributed by atoms with Crippen LogP contribution in [-0.4, -0.2) is 43.0 Å². The maximum Gasteiger partial charge on any atom is 0.311 e. The first kappa shape index (κ1) is 22.0. The lowest BCUT2D eigenvalue weighted by Gasteiger charge is -2.16. The largest absolute Gasteiger partial charge is 0.495 e. The van der Waals surface area contributed by atoms with Crippen molar-refractivity contribution in [1.29, 1.82) is 0 Å². The zero-order valence-corrected chi connectivity index (χ0v) is 17.1. The Balaban J connectivity index is 1.55. The summed E-state index contributed by atoms with van der Waals surface area (Å²) in [5, 5.41) is 13.7. The summed E-state index contributed by atoms with van der Waals surface area (Å²) in [6.45, 7) is -0.490. The van der Waals surface area contributed by atoms with Crippen LogP contribution in [0, 0.1) is 16.0 Å². The standard InChI is InChI=1S/C20H18ClN3O7/c1-30-17-7-2-13(21)9-16(17)22-18(25)11-31-20(27)12-8-19(26)23(10-12)14-3-5-15(6-4-14)24(28)29/h2-7,9,12H,8,10-11H2,1H3,(H,22,25)/t12-/m0/s1. The van der Waals surface area contributed by atoms with E-state index in [4.69, 9.17) is 21.1 Å². The number of hydrogen-bond donors (Lipinski definition) is 1. The molecule has 1 saturated heterocycles. The molecular weight excluding hydrogens is 430 g/mol. The van der Waals surface area contributed by atoms with Crippen LogP contribution in [0.2, 0.25) is 5.02 Å². The number of hydrogen-bond acceptors (Lipinski definition) is 7. The van der Waals surface area contributed by atoms with E-state index in [1.165, 1.54) is 42.3 Å². The molecule has 1 fully saturated rings. The van der Waals surface area contributed by atoms with Crippen LogP contribution in [0.3, 0.4) is 0 Å². The van der Waals surface area contributed by atoms with E-state index in [0.29, 0.717) is 22.1 Å². The normalized spacial score (nSPS) is 15.5. The minimum absolute atomic E-state index is 0.0548. The van der Waals surface area contributed by atoms with Crippen molar-refractivity contribution < 1.29 is 28.8 Å². The lowest BCUT2D eigenvalue weighted by molar-refractivity contribution is -0.384. The number of nitro benzene ring substituents is 1. The number of nitrogens with one attached hydrogen (secondary N) is 1. The first-order valence-corrected chi connectivity index (χ1v) is 9.51. The molecule has 3 rings (SSSR count). The Morgan fingerprint density at radius 1 is 1.26 bits per heavy atom. The minimum Gasteiger partial charge on any atom is -0.495 e. The van der Waals surface area contributed by atoms with E-state index in [1.807, 2.05) is 0 Å². The number of non-ortho nitro benzene ring substituents is 1. The highest BCUT2D eigenvalue weighted by Crippen LogP contribution is 2.29. The Hall–Kier alpha value is -3.66. The van der Waals surface area contributed by atoms with Crippen molar-refractivity contribution in [1.82, 2.24) is 0 Å². The average molecular weight is 448 g/mol. The third-order valence-electron chi connectivity index (χ3n) is 4.61. The third kappa shape index (κ3) is 5.28. The molecule has 0 aliphatic carbocycles. The average Bonchev–Trinajstić information content (AvgIpc) is 3.14. The second-order valence-corrected chi connectivity index (χ2v) is 7.12. The van der Waals surface area contributed by atoms with Crippen LogP contribution in [0.5, 0.6) is 5.75 Å². The second-order valence-electron chi connectivity index (χ2n) is 6.68. The Morgan fingerprint density at radius 2 is 1.97 bits per heavy atom. The Labute approximate surface area is 181 Å². The topological polar surface area (TPSA) is 128 Å². The van der Waals surface area contributed by atoms with Gasteiger partial charge in [-0.3, -0.25) is 24.5 Å². The highest BCUT2D eigenvalue weighted by atomic mass is 35.5. The monoisotopic (exact) mass is 447 g/mol. The molecule has 1 N–H and O–H groups in total. The molecule has 11 heteroatoms. The number of nitro groups is 1. The van der Waals surface area contributed by atoms with E-state index < -0.39 is 29.3 Å². The number of carbonyl (C=O) groups excluding carboxylic acids is 3. The van der Waals surface area contributed by atoms with E-state index in [2.05, 4.69) is 5.32 Å². The third-order valence-corrected chi connectivity index (χ3v) is 4.85. The van der Waals surface area contributed by atoms with Gasteiger partial charge in [0.25, 0.3) is 11.6 Å². The van der Waals surface area contributed by atoms with Gasteiger partial charge in [0.2, 0.25) is 5.91 Å². The summed E-state index contributed by atoms with van der Waals surface area (Å²) in [7, 11) is 1.44. The highest BCUT2D eigenvalue weighted by molar-refractivity contribution is 6.31. The van der Waals surface area contributed by atoms with Gasteiger partial charge in [-0.1, -0.05) is 11.6 Å². The Morgan fingerprint density at radius 3 is 2.61 bits per heavy atom. The number of esters is 1. The van der Waals surface area contributed by atoms with Crippen molar-refractivity contribution >= 4 is 46.4 Å². The summed E-state index contributed by atoms with van der Waals surface area (Å²) in [6, 6.07) is 10.1. The zero-order valence-electron chi connectivity index (χ0n) is 16.4. The lowest BCUT2D eigenvalue weighted by atomic mass is 10.1. The predicted molar refractivity (Wildman–Crippen MR) is 111 cm³/mol. The number of halogens is 1. The van der Waals surface area contributed by atoms with Gasteiger partial charge in [0.05, 0.1) is 23.6 Å². The molecular formula is C20H18ClN3O7. The van der Waals surface area contributed by atoms with Crippen molar-refractivity contribution in [3.05, 3.63) is 57.6 Å². The van der Waals surface area contributed by atoms with Crippen LogP contribution in [-0.2, 0) is 19.1 Å². The van der Waals surface area contributed by atoms with E-state index in [0.717, 1.165) is 0 Å². The van der Waals surface area contributed by atoms with Gasteiger partial charge >= 0.3 is 5.97 Å². The molecule has 2 amide bonds. The van der Waals surface area contributed by atoms with Crippen LogP contribution in [0.25, 0.3) is 0 Å². The number of methoxy groups -OCH3 is 1. The molecule has 1 atom stereocenters. The van der Waals surface area contributed by atoms with Crippen molar-refractivity contribution in [2.24, 2.45) is 5.92 Å². The summed E-state index contributed by atoms with van der Waals surface area (Å²) < 4.78 is 10.2. The zero-order chi connectivity index (χ0) is 22.5. The van der Waals surface area contributed by atoms with Crippen molar-refractivity contribution in [3.8, 4) is 5.75 Å². The van der Waals surface area contributed by atoms with Gasteiger partial charge in [-0.05, 0) is 30.3 Å². The maximum absolute atomic E-state index is 12.3. The fourth-order valence-corrected chi connectivity index (χ4v) is 3.26. The number of ether oxygens (including phenoxy) is 2. The number of benzene rings is 2. The van der Waals surface area contributed by atoms with Crippen LogP contribution < -0.4 is 15.0 Å². The van der Waals surface area contributed by atoms with Gasteiger partial charge in [0, 0.05) is 35.8 Å². The molecule has 0 unspecified atom stereocenters. The van der Waals surface area contributed by atoms with E-state index >= 15 is 0 Å². The summed E-state index contributed by atoms with van der Waals surface area (Å²) in [4.78, 5) is 48.3. The molecule has 1 aliphatic rings. The van der Waals surface area contributed by atoms with Gasteiger partial charge in [-0.15, -0.1) is 0 Å². The molecule has 0 aromatic heterocycles. The molecule has 31 heavy (non-hydrogen) atoms. The summed E-state index contributed by atoms with van der Waals surface area (Å²) in [5.74, 6) is -1.96. The van der Waals surface area contributed by atoms with E-state index in [-0.39, 0.29) is 24.6 Å². The van der Waals surface area contributed by atoms with Crippen LogP contribution in [0.1, 0.15) is 6.42 Å². The Kier molecular flexibility index (Phi) is 6.71. The quantitative estimate of drug-likeness (QED) is 0.392. The molecule has 1 aliphatic heterocycles.